The van der Waals surface area contributed by atoms with Gasteiger partial charge in [0, 0.05) is 24.4 Å². The van der Waals surface area contributed by atoms with Crippen molar-refractivity contribution in [3.8, 4) is 0 Å². The van der Waals surface area contributed by atoms with Crippen LogP contribution in [-0.2, 0) is 16.0 Å². The van der Waals surface area contributed by atoms with Crippen molar-refractivity contribution in [3.05, 3.63) is 30.1 Å². The third-order valence-corrected chi connectivity index (χ3v) is 3.79. The molecule has 0 aliphatic heterocycles. The Hall–Kier alpha value is -1.91. The summed E-state index contributed by atoms with van der Waals surface area (Å²) in [5.74, 6) is -1.27. The maximum Gasteiger partial charge on any atom is 0.306 e. The summed E-state index contributed by atoms with van der Waals surface area (Å²) in [5, 5.41) is 11.8. The van der Waals surface area contributed by atoms with Gasteiger partial charge in [-0.05, 0) is 44.2 Å². The number of hydrogen-bond acceptors (Lipinski definition) is 3. The molecule has 0 aromatic carbocycles. The minimum absolute atomic E-state index is 0.00484. The molecule has 2 N–H and O–H groups in total. The first kappa shape index (κ1) is 14.5. The topological polar surface area (TPSA) is 79.3 Å². The molecule has 1 fully saturated rings. The molecule has 2 atom stereocenters. The van der Waals surface area contributed by atoms with Gasteiger partial charge in [0.15, 0.2) is 0 Å². The van der Waals surface area contributed by atoms with E-state index < -0.39 is 5.97 Å². The maximum absolute atomic E-state index is 11.9. The van der Waals surface area contributed by atoms with E-state index in [1.165, 1.54) is 0 Å². The number of amides is 1. The van der Waals surface area contributed by atoms with Crippen LogP contribution in [-0.4, -0.2) is 28.5 Å². The molecule has 0 radical (unpaired) electrons. The van der Waals surface area contributed by atoms with Crippen LogP contribution < -0.4 is 5.32 Å². The number of carbonyl (C=O) groups is 2. The first-order valence-electron chi connectivity index (χ1n) is 7.07. The third kappa shape index (κ3) is 4.05. The van der Waals surface area contributed by atoms with E-state index in [9.17, 15) is 9.59 Å². The molecule has 108 valence electrons. The fourth-order valence-electron chi connectivity index (χ4n) is 2.62. The zero-order valence-corrected chi connectivity index (χ0v) is 11.4. The standard InChI is InChI=1S/C15H20N2O3/c18-14(11-6-7-12(10-11)15(19)20)17-9-3-5-13-4-1-2-8-16-13/h1-2,4,8,11-12H,3,5-7,9-10H2,(H,17,18)(H,19,20)/t11-,12+/m0/s1. The van der Waals surface area contributed by atoms with E-state index in [0.717, 1.165) is 18.5 Å². The summed E-state index contributed by atoms with van der Waals surface area (Å²) in [7, 11) is 0. The molecule has 0 spiro atoms. The van der Waals surface area contributed by atoms with Crippen molar-refractivity contribution in [2.75, 3.05) is 6.54 Å². The summed E-state index contributed by atoms with van der Waals surface area (Å²) in [6.07, 6.45) is 5.21. The Morgan fingerprint density at radius 2 is 2.10 bits per heavy atom. The van der Waals surface area contributed by atoms with Crippen molar-refractivity contribution in [3.63, 3.8) is 0 Å². The van der Waals surface area contributed by atoms with Gasteiger partial charge in [-0.1, -0.05) is 6.07 Å². The summed E-state index contributed by atoms with van der Waals surface area (Å²) in [5.41, 5.74) is 1.02. The number of carboxylic acid groups (broad SMARTS) is 1. The molecule has 0 bridgehead atoms. The van der Waals surface area contributed by atoms with Crippen LogP contribution in [0.15, 0.2) is 24.4 Å². The van der Waals surface area contributed by atoms with E-state index in [4.69, 9.17) is 5.11 Å². The summed E-state index contributed by atoms with van der Waals surface area (Å²) in [4.78, 5) is 27.0. The van der Waals surface area contributed by atoms with Crippen molar-refractivity contribution < 1.29 is 14.7 Å². The molecular formula is C15H20N2O3. The normalized spacial score (nSPS) is 21.6. The van der Waals surface area contributed by atoms with E-state index in [-0.39, 0.29) is 17.7 Å². The summed E-state index contributed by atoms with van der Waals surface area (Å²) < 4.78 is 0. The van der Waals surface area contributed by atoms with E-state index in [1.807, 2.05) is 18.2 Å². The Balaban J connectivity index is 1.65. The van der Waals surface area contributed by atoms with Crippen LogP contribution in [0.25, 0.3) is 0 Å². The summed E-state index contributed by atoms with van der Waals surface area (Å²) in [6, 6.07) is 5.80. The second-order valence-corrected chi connectivity index (χ2v) is 5.26. The highest BCUT2D eigenvalue weighted by Gasteiger charge is 2.33. The lowest BCUT2D eigenvalue weighted by atomic mass is 10.0. The zero-order chi connectivity index (χ0) is 14.4. The molecule has 2 rings (SSSR count). The van der Waals surface area contributed by atoms with Crippen LogP contribution in [0.1, 0.15) is 31.4 Å². The van der Waals surface area contributed by atoms with Gasteiger partial charge in [-0.3, -0.25) is 14.6 Å². The second kappa shape index (κ2) is 7.03. The number of carbonyl (C=O) groups excluding carboxylic acids is 1. The molecule has 1 amide bonds. The van der Waals surface area contributed by atoms with Crippen LogP contribution in [0.5, 0.6) is 0 Å². The third-order valence-electron chi connectivity index (χ3n) is 3.79. The van der Waals surface area contributed by atoms with E-state index in [2.05, 4.69) is 10.3 Å². The fourth-order valence-corrected chi connectivity index (χ4v) is 2.62. The largest absolute Gasteiger partial charge is 0.481 e. The van der Waals surface area contributed by atoms with Crippen LogP contribution >= 0.6 is 0 Å². The average molecular weight is 276 g/mol. The predicted molar refractivity (Wildman–Crippen MR) is 74.0 cm³/mol. The van der Waals surface area contributed by atoms with Gasteiger partial charge in [0.1, 0.15) is 0 Å². The molecule has 0 saturated heterocycles. The monoisotopic (exact) mass is 276 g/mol. The van der Waals surface area contributed by atoms with Crippen molar-refractivity contribution >= 4 is 11.9 Å². The number of carboxylic acids is 1. The predicted octanol–water partition coefficient (Wildman–Crippen LogP) is 1.63. The molecule has 1 aromatic heterocycles. The summed E-state index contributed by atoms with van der Waals surface area (Å²) >= 11 is 0. The highest BCUT2D eigenvalue weighted by molar-refractivity contribution is 5.80. The molecule has 1 aromatic rings. The highest BCUT2D eigenvalue weighted by atomic mass is 16.4. The van der Waals surface area contributed by atoms with Crippen molar-refractivity contribution in [2.45, 2.75) is 32.1 Å². The number of aryl methyl sites for hydroxylation is 1. The van der Waals surface area contributed by atoms with Gasteiger partial charge in [-0.2, -0.15) is 0 Å². The number of nitrogens with one attached hydrogen (secondary N) is 1. The number of pyridine rings is 1. The lowest BCUT2D eigenvalue weighted by molar-refractivity contribution is -0.141. The van der Waals surface area contributed by atoms with E-state index in [1.54, 1.807) is 6.20 Å². The second-order valence-electron chi connectivity index (χ2n) is 5.26. The van der Waals surface area contributed by atoms with Gasteiger partial charge in [-0.15, -0.1) is 0 Å². The Morgan fingerprint density at radius 3 is 2.75 bits per heavy atom. The van der Waals surface area contributed by atoms with E-state index >= 15 is 0 Å². The molecule has 5 nitrogen and oxygen atoms in total. The summed E-state index contributed by atoms with van der Waals surface area (Å²) in [6.45, 7) is 0.615. The number of aromatic nitrogens is 1. The lowest BCUT2D eigenvalue weighted by Gasteiger charge is -2.10. The SMILES string of the molecule is O=C(O)[C@@H]1CC[C@H](C(=O)NCCCc2ccccn2)C1. The first-order chi connectivity index (χ1) is 9.66. The smallest absolute Gasteiger partial charge is 0.306 e. The Bertz CT molecular complexity index is 461. The molecular weight excluding hydrogens is 256 g/mol. The van der Waals surface area contributed by atoms with Crippen LogP contribution in [0.3, 0.4) is 0 Å². The highest BCUT2D eigenvalue weighted by Crippen LogP contribution is 2.31. The average Bonchev–Trinajstić information content (AvgIpc) is 2.94. The molecule has 1 aliphatic carbocycles. The van der Waals surface area contributed by atoms with Crippen molar-refractivity contribution in [1.29, 1.82) is 0 Å². The van der Waals surface area contributed by atoms with Crippen LogP contribution in [0, 0.1) is 11.8 Å². The minimum Gasteiger partial charge on any atom is -0.481 e. The van der Waals surface area contributed by atoms with Gasteiger partial charge < -0.3 is 10.4 Å². The number of nitrogens with zero attached hydrogens (tertiary/aromatic N) is 1. The number of rotatable bonds is 6. The van der Waals surface area contributed by atoms with Gasteiger partial charge in [-0.25, -0.2) is 0 Å². The first-order valence-corrected chi connectivity index (χ1v) is 7.07. The van der Waals surface area contributed by atoms with Gasteiger partial charge in [0.05, 0.1) is 5.92 Å². The van der Waals surface area contributed by atoms with Gasteiger partial charge in [0.25, 0.3) is 0 Å². The minimum atomic E-state index is -0.782. The van der Waals surface area contributed by atoms with Crippen molar-refractivity contribution in [1.82, 2.24) is 10.3 Å². The van der Waals surface area contributed by atoms with Crippen LogP contribution in [0.4, 0.5) is 0 Å². The Labute approximate surface area is 118 Å². The maximum atomic E-state index is 11.9. The zero-order valence-electron chi connectivity index (χ0n) is 11.4. The lowest BCUT2D eigenvalue weighted by Crippen LogP contribution is -2.30. The Morgan fingerprint density at radius 1 is 1.30 bits per heavy atom. The van der Waals surface area contributed by atoms with Crippen LogP contribution in [0.2, 0.25) is 0 Å². The quantitative estimate of drug-likeness (QED) is 0.774. The van der Waals surface area contributed by atoms with Gasteiger partial charge in [0.2, 0.25) is 5.91 Å². The van der Waals surface area contributed by atoms with E-state index in [0.29, 0.717) is 25.8 Å². The Kier molecular flexibility index (Phi) is 5.09. The molecule has 1 saturated carbocycles. The molecule has 1 heterocycles. The number of hydrogen-bond donors (Lipinski definition) is 2. The molecule has 1 aliphatic rings. The van der Waals surface area contributed by atoms with Gasteiger partial charge >= 0.3 is 5.97 Å². The molecule has 0 unspecified atom stereocenters. The molecule has 5 heteroatoms. The van der Waals surface area contributed by atoms with Crippen molar-refractivity contribution in [2.24, 2.45) is 11.8 Å². The number of aliphatic carboxylic acids is 1. The fraction of sp³-hybridized carbons (Fsp3) is 0.533. The molecule has 20 heavy (non-hydrogen) atoms.